The number of nitrogens with one attached hydrogen (secondary N) is 1. The van der Waals surface area contributed by atoms with E-state index < -0.39 is 0 Å². The third kappa shape index (κ3) is 3.32. The minimum absolute atomic E-state index is 0.0228. The van der Waals surface area contributed by atoms with Crippen LogP contribution in [0.1, 0.15) is 13.3 Å². The molecule has 0 fully saturated rings. The number of rotatable bonds is 4. The van der Waals surface area contributed by atoms with Crippen molar-refractivity contribution in [1.29, 1.82) is 0 Å². The molecule has 3 rings (SSSR count). The molecule has 0 saturated carbocycles. The molecule has 3 aromatic carbocycles. The first kappa shape index (κ1) is 15.0. The van der Waals surface area contributed by atoms with Crippen molar-refractivity contribution in [3.05, 3.63) is 78.9 Å². The Morgan fingerprint density at radius 2 is 1.30 bits per heavy atom. The van der Waals surface area contributed by atoms with Crippen molar-refractivity contribution >= 4 is 11.6 Å². The highest BCUT2D eigenvalue weighted by Crippen LogP contribution is 2.35. The molecule has 3 aromatic rings. The fourth-order valence-electron chi connectivity index (χ4n) is 2.65. The molecular formula is C21H19NO. The lowest BCUT2D eigenvalue weighted by atomic mass is 9.93. The van der Waals surface area contributed by atoms with Crippen LogP contribution in [0, 0.1) is 0 Å². The average molecular weight is 301 g/mol. The zero-order valence-corrected chi connectivity index (χ0v) is 13.1. The number of hydrogen-bond donors (Lipinski definition) is 1. The molecule has 0 spiro atoms. The predicted molar refractivity (Wildman–Crippen MR) is 96.2 cm³/mol. The van der Waals surface area contributed by atoms with Gasteiger partial charge in [0.05, 0.1) is 0 Å². The van der Waals surface area contributed by atoms with Crippen molar-refractivity contribution in [2.45, 2.75) is 13.3 Å². The highest BCUT2D eigenvalue weighted by molar-refractivity contribution is 5.97. The van der Waals surface area contributed by atoms with Gasteiger partial charge in [0.15, 0.2) is 0 Å². The van der Waals surface area contributed by atoms with E-state index in [0.717, 1.165) is 22.4 Å². The smallest absolute Gasteiger partial charge is 0.224 e. The number of para-hydroxylation sites is 1. The number of carbonyl (C=O) groups is 1. The number of benzene rings is 3. The van der Waals surface area contributed by atoms with E-state index in [0.29, 0.717) is 6.42 Å². The summed E-state index contributed by atoms with van der Waals surface area (Å²) in [4.78, 5) is 11.8. The molecule has 2 nitrogen and oxygen atoms in total. The Bertz CT molecular complexity index is 809. The van der Waals surface area contributed by atoms with Crippen LogP contribution < -0.4 is 5.32 Å². The molecule has 0 heterocycles. The largest absolute Gasteiger partial charge is 0.326 e. The van der Waals surface area contributed by atoms with E-state index in [4.69, 9.17) is 0 Å². The topological polar surface area (TPSA) is 29.1 Å². The molecule has 0 atom stereocenters. The number of amides is 1. The molecule has 1 amide bonds. The summed E-state index contributed by atoms with van der Waals surface area (Å²) in [6.07, 6.45) is 0.467. The molecule has 0 aliphatic carbocycles. The normalized spacial score (nSPS) is 10.3. The van der Waals surface area contributed by atoms with Crippen LogP contribution >= 0.6 is 0 Å². The van der Waals surface area contributed by atoms with Crippen LogP contribution in [-0.2, 0) is 4.79 Å². The minimum atomic E-state index is 0.0228. The Morgan fingerprint density at radius 3 is 2.00 bits per heavy atom. The van der Waals surface area contributed by atoms with Crippen LogP contribution in [0.4, 0.5) is 5.69 Å². The van der Waals surface area contributed by atoms with Gasteiger partial charge >= 0.3 is 0 Å². The standard InChI is InChI=1S/C21H19NO/c1-2-21(23)22-20-15-9-8-14-19(20)18-13-7-6-12-17(18)16-10-4-3-5-11-16/h3-15H,2H2,1H3,(H,22,23). The zero-order valence-electron chi connectivity index (χ0n) is 13.1. The van der Waals surface area contributed by atoms with Crippen molar-refractivity contribution < 1.29 is 4.79 Å². The van der Waals surface area contributed by atoms with Gasteiger partial charge in [0.1, 0.15) is 0 Å². The monoisotopic (exact) mass is 301 g/mol. The maximum atomic E-state index is 11.8. The Balaban J connectivity index is 2.12. The third-order valence-electron chi connectivity index (χ3n) is 3.82. The second kappa shape index (κ2) is 6.93. The quantitative estimate of drug-likeness (QED) is 0.689. The van der Waals surface area contributed by atoms with Crippen LogP contribution in [0.25, 0.3) is 22.3 Å². The van der Waals surface area contributed by atoms with Crippen molar-refractivity contribution in [2.24, 2.45) is 0 Å². The lowest BCUT2D eigenvalue weighted by molar-refractivity contribution is -0.115. The van der Waals surface area contributed by atoms with E-state index in [-0.39, 0.29) is 5.91 Å². The zero-order chi connectivity index (χ0) is 16.1. The van der Waals surface area contributed by atoms with Crippen LogP contribution in [0.15, 0.2) is 78.9 Å². The highest BCUT2D eigenvalue weighted by Gasteiger charge is 2.11. The average Bonchev–Trinajstić information content (AvgIpc) is 2.63. The molecular weight excluding hydrogens is 282 g/mol. The summed E-state index contributed by atoms with van der Waals surface area (Å²) < 4.78 is 0. The van der Waals surface area contributed by atoms with E-state index in [1.54, 1.807) is 0 Å². The second-order valence-corrected chi connectivity index (χ2v) is 5.36. The summed E-state index contributed by atoms with van der Waals surface area (Å²) in [5.41, 5.74) is 5.33. The molecule has 2 heteroatoms. The van der Waals surface area contributed by atoms with Crippen LogP contribution in [0.2, 0.25) is 0 Å². The molecule has 0 aliphatic heterocycles. The van der Waals surface area contributed by atoms with Gasteiger partial charge in [0, 0.05) is 17.7 Å². The third-order valence-corrected chi connectivity index (χ3v) is 3.82. The summed E-state index contributed by atoms with van der Waals surface area (Å²) in [6.45, 7) is 1.86. The second-order valence-electron chi connectivity index (χ2n) is 5.36. The molecule has 0 aromatic heterocycles. The summed E-state index contributed by atoms with van der Waals surface area (Å²) >= 11 is 0. The van der Waals surface area contributed by atoms with Gasteiger partial charge in [-0.15, -0.1) is 0 Å². The van der Waals surface area contributed by atoms with E-state index in [9.17, 15) is 4.79 Å². The molecule has 23 heavy (non-hydrogen) atoms. The van der Waals surface area contributed by atoms with E-state index in [2.05, 4.69) is 29.6 Å². The highest BCUT2D eigenvalue weighted by atomic mass is 16.1. The fraction of sp³-hybridized carbons (Fsp3) is 0.0952. The molecule has 0 unspecified atom stereocenters. The summed E-state index contributed by atoms with van der Waals surface area (Å²) in [5, 5.41) is 3.00. The lowest BCUT2D eigenvalue weighted by Crippen LogP contribution is -2.10. The van der Waals surface area contributed by atoms with Crippen molar-refractivity contribution in [3.8, 4) is 22.3 Å². The number of hydrogen-bond acceptors (Lipinski definition) is 1. The molecule has 0 radical (unpaired) electrons. The molecule has 114 valence electrons. The van der Waals surface area contributed by atoms with Crippen molar-refractivity contribution in [1.82, 2.24) is 0 Å². The fourth-order valence-corrected chi connectivity index (χ4v) is 2.65. The van der Waals surface area contributed by atoms with Gasteiger partial charge in [-0.3, -0.25) is 4.79 Å². The molecule has 0 bridgehead atoms. The van der Waals surface area contributed by atoms with Gasteiger partial charge in [-0.2, -0.15) is 0 Å². The van der Waals surface area contributed by atoms with E-state index in [1.807, 2.05) is 61.5 Å². The number of carbonyl (C=O) groups excluding carboxylic acids is 1. The Morgan fingerprint density at radius 1 is 0.739 bits per heavy atom. The molecule has 0 saturated heterocycles. The van der Waals surface area contributed by atoms with E-state index >= 15 is 0 Å². The van der Waals surface area contributed by atoms with Crippen LogP contribution in [-0.4, -0.2) is 5.91 Å². The summed E-state index contributed by atoms with van der Waals surface area (Å²) in [7, 11) is 0. The Hall–Kier alpha value is -2.87. The van der Waals surface area contributed by atoms with Gasteiger partial charge in [0.2, 0.25) is 5.91 Å². The van der Waals surface area contributed by atoms with Crippen LogP contribution in [0.5, 0.6) is 0 Å². The van der Waals surface area contributed by atoms with Gasteiger partial charge < -0.3 is 5.32 Å². The van der Waals surface area contributed by atoms with Gasteiger partial charge in [-0.1, -0.05) is 79.7 Å². The first-order valence-electron chi connectivity index (χ1n) is 7.83. The van der Waals surface area contributed by atoms with Crippen LogP contribution in [0.3, 0.4) is 0 Å². The van der Waals surface area contributed by atoms with Gasteiger partial charge in [0.25, 0.3) is 0 Å². The Labute approximate surface area is 136 Å². The molecule has 1 N–H and O–H groups in total. The molecule has 0 aliphatic rings. The predicted octanol–water partition coefficient (Wildman–Crippen LogP) is 5.37. The number of anilines is 1. The minimum Gasteiger partial charge on any atom is -0.326 e. The van der Waals surface area contributed by atoms with E-state index in [1.165, 1.54) is 5.56 Å². The SMILES string of the molecule is CCC(=O)Nc1ccccc1-c1ccccc1-c1ccccc1. The van der Waals surface area contributed by atoms with Crippen molar-refractivity contribution in [2.75, 3.05) is 5.32 Å². The van der Waals surface area contributed by atoms with Gasteiger partial charge in [-0.05, 0) is 22.8 Å². The lowest BCUT2D eigenvalue weighted by Gasteiger charge is -2.14. The summed E-state index contributed by atoms with van der Waals surface area (Å²) in [6, 6.07) is 26.5. The maximum Gasteiger partial charge on any atom is 0.224 e. The first-order valence-corrected chi connectivity index (χ1v) is 7.83. The summed E-state index contributed by atoms with van der Waals surface area (Å²) in [5.74, 6) is 0.0228. The Kier molecular flexibility index (Phi) is 4.53. The maximum absolute atomic E-state index is 11.8. The van der Waals surface area contributed by atoms with Crippen molar-refractivity contribution in [3.63, 3.8) is 0 Å². The van der Waals surface area contributed by atoms with Gasteiger partial charge in [-0.25, -0.2) is 0 Å². The first-order chi connectivity index (χ1) is 11.3.